The Morgan fingerprint density at radius 1 is 1.40 bits per heavy atom. The Balaban J connectivity index is 3.27. The van der Waals surface area contributed by atoms with E-state index >= 15 is 0 Å². The maximum absolute atomic E-state index is 5.82. The molecule has 10 heavy (non-hydrogen) atoms. The maximum Gasteiger partial charge on any atom is 0.00413 e. The van der Waals surface area contributed by atoms with Crippen molar-refractivity contribution in [3.8, 4) is 0 Å². The van der Waals surface area contributed by atoms with Crippen LogP contribution in [0.2, 0.25) is 0 Å². The summed E-state index contributed by atoms with van der Waals surface area (Å²) in [5, 5.41) is 0. The van der Waals surface area contributed by atoms with Gasteiger partial charge in [0, 0.05) is 6.04 Å². The minimum Gasteiger partial charge on any atom is -0.328 e. The molecule has 1 nitrogen and oxygen atoms in total. The Bertz CT molecular complexity index is 71.1. The van der Waals surface area contributed by atoms with Gasteiger partial charge in [-0.15, -0.1) is 0 Å². The van der Waals surface area contributed by atoms with Crippen molar-refractivity contribution in [2.24, 2.45) is 11.7 Å². The maximum atomic E-state index is 5.82. The molecule has 0 aromatic carbocycles. The van der Waals surface area contributed by atoms with E-state index in [9.17, 15) is 0 Å². The predicted molar refractivity (Wildman–Crippen MR) is 46.6 cm³/mol. The van der Waals surface area contributed by atoms with E-state index < -0.39 is 0 Å². The zero-order valence-electron chi connectivity index (χ0n) is 7.27. The second kappa shape index (κ2) is 5.72. The molecule has 0 amide bonds. The van der Waals surface area contributed by atoms with Crippen LogP contribution < -0.4 is 5.73 Å². The number of nitrogens with two attached hydrogens (primary N) is 1. The van der Waals surface area contributed by atoms with Crippen molar-refractivity contribution in [3.63, 3.8) is 0 Å². The van der Waals surface area contributed by atoms with Gasteiger partial charge in [0.15, 0.2) is 0 Å². The van der Waals surface area contributed by atoms with Crippen molar-refractivity contribution >= 4 is 0 Å². The fraction of sp³-hybridized carbons (Fsp3) is 0.889. The summed E-state index contributed by atoms with van der Waals surface area (Å²) in [6.45, 7) is 8.33. The Kier molecular flexibility index (Phi) is 5.70. The Morgan fingerprint density at radius 2 is 2.00 bits per heavy atom. The van der Waals surface area contributed by atoms with Crippen LogP contribution in [0.1, 0.15) is 39.5 Å². The van der Waals surface area contributed by atoms with Gasteiger partial charge in [0.25, 0.3) is 0 Å². The van der Waals surface area contributed by atoms with Crippen LogP contribution in [0.5, 0.6) is 0 Å². The summed E-state index contributed by atoms with van der Waals surface area (Å²) in [4.78, 5) is 0. The molecule has 0 saturated heterocycles. The van der Waals surface area contributed by atoms with E-state index in [2.05, 4.69) is 20.8 Å². The molecule has 0 saturated carbocycles. The van der Waals surface area contributed by atoms with Crippen LogP contribution in [0.3, 0.4) is 0 Å². The molecule has 0 aromatic rings. The molecule has 2 atom stereocenters. The molecular weight excluding hydrogens is 122 g/mol. The van der Waals surface area contributed by atoms with Gasteiger partial charge in [-0.1, -0.05) is 33.6 Å². The quantitative estimate of drug-likeness (QED) is 0.626. The second-order valence-electron chi connectivity index (χ2n) is 3.06. The van der Waals surface area contributed by atoms with E-state index in [0.29, 0.717) is 12.0 Å². The van der Waals surface area contributed by atoms with Gasteiger partial charge in [0.1, 0.15) is 0 Å². The second-order valence-corrected chi connectivity index (χ2v) is 3.06. The molecule has 0 aliphatic rings. The minimum absolute atomic E-state index is 0.382. The molecule has 0 aromatic heterocycles. The first-order valence-electron chi connectivity index (χ1n) is 4.29. The minimum atomic E-state index is 0.382. The summed E-state index contributed by atoms with van der Waals surface area (Å²) in [7, 11) is 0. The van der Waals surface area contributed by atoms with E-state index in [1.807, 2.05) is 0 Å². The van der Waals surface area contributed by atoms with Gasteiger partial charge in [-0.25, -0.2) is 0 Å². The van der Waals surface area contributed by atoms with Crippen molar-refractivity contribution in [2.45, 2.75) is 45.6 Å². The monoisotopic (exact) mass is 142 g/mol. The lowest BCUT2D eigenvalue weighted by Gasteiger charge is -2.14. The lowest BCUT2D eigenvalue weighted by Crippen LogP contribution is -2.22. The molecule has 61 valence electrons. The summed E-state index contributed by atoms with van der Waals surface area (Å²) in [5.74, 6) is 0.557. The average molecular weight is 142 g/mol. The van der Waals surface area contributed by atoms with Crippen LogP contribution in [0.25, 0.3) is 0 Å². The third kappa shape index (κ3) is 4.80. The molecule has 0 bridgehead atoms. The molecular formula is C9H20N. The van der Waals surface area contributed by atoms with Crippen LogP contribution >= 0.6 is 0 Å². The zero-order chi connectivity index (χ0) is 7.98. The molecule has 1 radical (unpaired) electrons. The average Bonchev–Trinajstić information content (AvgIpc) is 1.88. The number of rotatable bonds is 5. The highest BCUT2D eigenvalue weighted by molar-refractivity contribution is 4.68. The van der Waals surface area contributed by atoms with E-state index in [4.69, 9.17) is 5.73 Å². The predicted octanol–water partition coefficient (Wildman–Crippen LogP) is 2.36. The molecule has 0 aliphatic heterocycles. The van der Waals surface area contributed by atoms with Gasteiger partial charge in [-0.3, -0.25) is 0 Å². The summed E-state index contributed by atoms with van der Waals surface area (Å²) < 4.78 is 0. The van der Waals surface area contributed by atoms with Crippen molar-refractivity contribution in [1.29, 1.82) is 0 Å². The summed E-state index contributed by atoms with van der Waals surface area (Å²) in [5.41, 5.74) is 5.82. The highest BCUT2D eigenvalue weighted by atomic mass is 14.6. The molecule has 0 rings (SSSR count). The van der Waals surface area contributed by atoms with Gasteiger partial charge in [-0.05, 0) is 18.8 Å². The van der Waals surface area contributed by atoms with Crippen molar-refractivity contribution in [1.82, 2.24) is 0 Å². The summed E-state index contributed by atoms with van der Waals surface area (Å²) >= 11 is 0. The Morgan fingerprint density at radius 3 is 2.40 bits per heavy atom. The van der Waals surface area contributed by atoms with Crippen LogP contribution in [-0.2, 0) is 0 Å². The van der Waals surface area contributed by atoms with Crippen molar-refractivity contribution in [2.75, 3.05) is 0 Å². The fourth-order valence-corrected chi connectivity index (χ4v) is 1.08. The van der Waals surface area contributed by atoms with E-state index in [1.165, 1.54) is 6.42 Å². The van der Waals surface area contributed by atoms with Crippen molar-refractivity contribution < 1.29 is 0 Å². The topological polar surface area (TPSA) is 26.0 Å². The van der Waals surface area contributed by atoms with Gasteiger partial charge in [0.05, 0.1) is 0 Å². The third-order valence-corrected chi connectivity index (χ3v) is 1.87. The standard InChI is InChI=1S/C9H20N/c1-4-6-9(10)7-8(3)5-2/h8-9H,3-7,10H2,1-2H3. The summed E-state index contributed by atoms with van der Waals surface area (Å²) in [6.07, 6.45) is 4.57. The SMILES string of the molecule is [CH2]C(CC)CC(N)CCC. The Labute approximate surface area is 65.0 Å². The van der Waals surface area contributed by atoms with Crippen molar-refractivity contribution in [3.05, 3.63) is 6.92 Å². The van der Waals surface area contributed by atoms with Crippen LogP contribution in [0, 0.1) is 12.8 Å². The highest BCUT2D eigenvalue weighted by Gasteiger charge is 2.05. The van der Waals surface area contributed by atoms with Crippen LogP contribution in [0.15, 0.2) is 0 Å². The first kappa shape index (κ1) is 9.96. The lowest BCUT2D eigenvalue weighted by molar-refractivity contribution is 0.464. The van der Waals surface area contributed by atoms with E-state index in [-0.39, 0.29) is 0 Å². The highest BCUT2D eigenvalue weighted by Crippen LogP contribution is 2.10. The number of hydrogen-bond acceptors (Lipinski definition) is 1. The molecule has 0 heterocycles. The molecule has 2 unspecified atom stereocenters. The third-order valence-electron chi connectivity index (χ3n) is 1.87. The van der Waals surface area contributed by atoms with Gasteiger partial charge < -0.3 is 5.73 Å². The van der Waals surface area contributed by atoms with Crippen LogP contribution in [-0.4, -0.2) is 6.04 Å². The van der Waals surface area contributed by atoms with E-state index in [0.717, 1.165) is 19.3 Å². The normalized spacial score (nSPS) is 16.8. The first-order chi connectivity index (χ1) is 4.70. The molecule has 0 fully saturated rings. The van der Waals surface area contributed by atoms with Gasteiger partial charge in [0.2, 0.25) is 0 Å². The number of hydrogen-bond donors (Lipinski definition) is 1. The van der Waals surface area contributed by atoms with Gasteiger partial charge >= 0.3 is 0 Å². The fourth-order valence-electron chi connectivity index (χ4n) is 1.08. The van der Waals surface area contributed by atoms with E-state index in [1.54, 1.807) is 0 Å². The molecule has 0 aliphatic carbocycles. The van der Waals surface area contributed by atoms with Gasteiger partial charge in [-0.2, -0.15) is 0 Å². The largest absolute Gasteiger partial charge is 0.328 e. The lowest BCUT2D eigenvalue weighted by atomic mass is 9.97. The molecule has 0 spiro atoms. The Hall–Kier alpha value is -0.0400. The molecule has 2 N–H and O–H groups in total. The summed E-state index contributed by atoms with van der Waals surface area (Å²) in [6, 6.07) is 0.382. The zero-order valence-corrected chi connectivity index (χ0v) is 7.27. The smallest absolute Gasteiger partial charge is 0.00413 e. The first-order valence-corrected chi connectivity index (χ1v) is 4.29. The van der Waals surface area contributed by atoms with Crippen LogP contribution in [0.4, 0.5) is 0 Å². The molecule has 1 heteroatoms.